The van der Waals surface area contributed by atoms with Crippen molar-refractivity contribution in [1.82, 2.24) is 9.80 Å². The van der Waals surface area contributed by atoms with E-state index in [1.54, 1.807) is 0 Å². The molecular formula is C14H26N2S. The molecule has 1 unspecified atom stereocenters. The number of rotatable bonds is 3. The fourth-order valence-electron chi connectivity index (χ4n) is 3.88. The van der Waals surface area contributed by atoms with Crippen LogP contribution in [0.3, 0.4) is 0 Å². The molecule has 2 nitrogen and oxygen atoms in total. The fraction of sp³-hybridized carbons (Fsp3) is 1.00. The third-order valence-corrected chi connectivity index (χ3v) is 5.90. The molecule has 0 amide bonds. The summed E-state index contributed by atoms with van der Waals surface area (Å²) < 4.78 is 0. The maximum absolute atomic E-state index is 4.59. The van der Waals surface area contributed by atoms with Crippen LogP contribution < -0.4 is 0 Å². The molecule has 3 fully saturated rings. The van der Waals surface area contributed by atoms with Crippen LogP contribution in [0.2, 0.25) is 0 Å². The molecule has 0 bridgehead atoms. The van der Waals surface area contributed by atoms with E-state index in [2.05, 4.69) is 22.4 Å². The van der Waals surface area contributed by atoms with Gasteiger partial charge >= 0.3 is 0 Å². The highest BCUT2D eigenvalue weighted by Crippen LogP contribution is 2.42. The lowest BCUT2D eigenvalue weighted by Gasteiger charge is -2.49. The van der Waals surface area contributed by atoms with E-state index in [1.165, 1.54) is 71.2 Å². The predicted octanol–water partition coefficient (Wildman–Crippen LogP) is 2.26. The van der Waals surface area contributed by atoms with Gasteiger partial charge < -0.3 is 0 Å². The Bertz CT molecular complexity index is 259. The van der Waals surface area contributed by atoms with Crippen molar-refractivity contribution in [2.75, 3.05) is 38.5 Å². The van der Waals surface area contributed by atoms with Crippen molar-refractivity contribution in [2.45, 2.75) is 44.6 Å². The average molecular weight is 254 g/mol. The SMILES string of the molecule is SCC1(CN2CCN3CCCCC3C2)CCC1. The molecule has 2 heterocycles. The maximum atomic E-state index is 4.59. The predicted molar refractivity (Wildman–Crippen MR) is 75.8 cm³/mol. The summed E-state index contributed by atoms with van der Waals surface area (Å²) in [6.45, 7) is 6.62. The molecule has 3 rings (SSSR count). The lowest BCUT2D eigenvalue weighted by Crippen LogP contribution is -2.57. The molecule has 3 aliphatic rings. The summed E-state index contributed by atoms with van der Waals surface area (Å²) in [6.07, 6.45) is 8.58. The molecule has 0 N–H and O–H groups in total. The monoisotopic (exact) mass is 254 g/mol. The number of piperidine rings is 1. The Morgan fingerprint density at radius 2 is 1.94 bits per heavy atom. The zero-order valence-electron chi connectivity index (χ0n) is 10.9. The highest BCUT2D eigenvalue weighted by molar-refractivity contribution is 7.80. The van der Waals surface area contributed by atoms with E-state index < -0.39 is 0 Å². The van der Waals surface area contributed by atoms with E-state index in [4.69, 9.17) is 0 Å². The van der Waals surface area contributed by atoms with E-state index in [0.717, 1.165) is 11.8 Å². The summed E-state index contributed by atoms with van der Waals surface area (Å²) in [6, 6.07) is 0.870. The van der Waals surface area contributed by atoms with Crippen LogP contribution in [0.25, 0.3) is 0 Å². The van der Waals surface area contributed by atoms with Gasteiger partial charge in [0.25, 0.3) is 0 Å². The smallest absolute Gasteiger partial charge is 0.0223 e. The van der Waals surface area contributed by atoms with Gasteiger partial charge in [-0.25, -0.2) is 0 Å². The Balaban J connectivity index is 1.55. The molecule has 2 aliphatic heterocycles. The van der Waals surface area contributed by atoms with Gasteiger partial charge in [-0.1, -0.05) is 12.8 Å². The number of fused-ring (bicyclic) bond motifs is 1. The van der Waals surface area contributed by atoms with E-state index in [-0.39, 0.29) is 0 Å². The average Bonchev–Trinajstić information content (AvgIpc) is 2.34. The van der Waals surface area contributed by atoms with Crippen LogP contribution in [0.5, 0.6) is 0 Å². The van der Waals surface area contributed by atoms with Gasteiger partial charge in [-0.05, 0) is 43.4 Å². The van der Waals surface area contributed by atoms with Crippen LogP contribution in [0.1, 0.15) is 38.5 Å². The third kappa shape index (κ3) is 2.52. The summed E-state index contributed by atoms with van der Waals surface area (Å²) in [7, 11) is 0. The van der Waals surface area contributed by atoms with Crippen LogP contribution in [-0.4, -0.2) is 54.3 Å². The molecule has 0 spiro atoms. The summed E-state index contributed by atoms with van der Waals surface area (Å²) in [4.78, 5) is 5.47. The highest BCUT2D eigenvalue weighted by Gasteiger charge is 2.39. The van der Waals surface area contributed by atoms with Crippen molar-refractivity contribution in [2.24, 2.45) is 5.41 Å². The van der Waals surface area contributed by atoms with Gasteiger partial charge in [0.05, 0.1) is 0 Å². The molecule has 1 atom stereocenters. The number of thiol groups is 1. The topological polar surface area (TPSA) is 6.48 Å². The summed E-state index contributed by atoms with van der Waals surface area (Å²) in [5, 5.41) is 0. The second-order valence-electron chi connectivity index (χ2n) is 6.43. The number of hydrogen-bond donors (Lipinski definition) is 1. The molecule has 2 saturated heterocycles. The van der Waals surface area contributed by atoms with Gasteiger partial charge in [-0.15, -0.1) is 0 Å². The first kappa shape index (κ1) is 12.3. The van der Waals surface area contributed by atoms with E-state index >= 15 is 0 Å². The minimum atomic E-state index is 0.583. The molecule has 17 heavy (non-hydrogen) atoms. The first-order valence-corrected chi connectivity index (χ1v) is 8.02. The number of nitrogens with zero attached hydrogens (tertiary/aromatic N) is 2. The Kier molecular flexibility index (Phi) is 3.69. The lowest BCUT2D eigenvalue weighted by atomic mass is 9.70. The molecule has 0 radical (unpaired) electrons. The second kappa shape index (κ2) is 5.10. The van der Waals surface area contributed by atoms with Crippen molar-refractivity contribution >= 4 is 12.6 Å². The van der Waals surface area contributed by atoms with E-state index in [0.29, 0.717) is 5.41 Å². The molecule has 98 valence electrons. The largest absolute Gasteiger partial charge is 0.300 e. The standard InChI is InChI=1S/C14H26N2S/c17-12-14(5-3-6-14)11-15-8-9-16-7-2-1-4-13(16)10-15/h13,17H,1-12H2. The first-order chi connectivity index (χ1) is 8.31. The normalized spacial score (nSPS) is 34.1. The number of piperazine rings is 1. The van der Waals surface area contributed by atoms with Crippen LogP contribution >= 0.6 is 12.6 Å². The minimum Gasteiger partial charge on any atom is -0.300 e. The first-order valence-electron chi connectivity index (χ1n) is 7.39. The van der Waals surface area contributed by atoms with Crippen LogP contribution in [0.15, 0.2) is 0 Å². The molecule has 0 aromatic carbocycles. The van der Waals surface area contributed by atoms with E-state index in [1.807, 2.05) is 0 Å². The van der Waals surface area contributed by atoms with Gasteiger partial charge in [-0.2, -0.15) is 12.6 Å². The maximum Gasteiger partial charge on any atom is 0.0223 e. The van der Waals surface area contributed by atoms with Crippen molar-refractivity contribution < 1.29 is 0 Å². The Morgan fingerprint density at radius 3 is 2.65 bits per heavy atom. The highest BCUT2D eigenvalue weighted by atomic mass is 32.1. The summed E-state index contributed by atoms with van der Waals surface area (Å²) in [5.41, 5.74) is 0.583. The minimum absolute atomic E-state index is 0.583. The van der Waals surface area contributed by atoms with Gasteiger partial charge in [-0.3, -0.25) is 9.80 Å². The Hall–Kier alpha value is 0.270. The quantitative estimate of drug-likeness (QED) is 0.772. The molecule has 1 saturated carbocycles. The Morgan fingerprint density at radius 1 is 1.06 bits per heavy atom. The van der Waals surface area contributed by atoms with Crippen molar-refractivity contribution in [3.8, 4) is 0 Å². The molecule has 1 aliphatic carbocycles. The molecule has 0 aromatic heterocycles. The molecule has 3 heteroatoms. The van der Waals surface area contributed by atoms with Gasteiger partial charge in [0.2, 0.25) is 0 Å². The van der Waals surface area contributed by atoms with Crippen LogP contribution in [-0.2, 0) is 0 Å². The summed E-state index contributed by atoms with van der Waals surface area (Å²) in [5.74, 6) is 1.10. The third-order valence-electron chi connectivity index (χ3n) is 5.23. The van der Waals surface area contributed by atoms with Gasteiger partial charge in [0.15, 0.2) is 0 Å². The zero-order valence-corrected chi connectivity index (χ0v) is 11.8. The number of hydrogen-bond acceptors (Lipinski definition) is 3. The van der Waals surface area contributed by atoms with Gasteiger partial charge in [0, 0.05) is 32.2 Å². The summed E-state index contributed by atoms with van der Waals surface area (Å²) >= 11 is 4.59. The Labute approximate surface area is 111 Å². The fourth-order valence-corrected chi connectivity index (χ4v) is 4.30. The van der Waals surface area contributed by atoms with Gasteiger partial charge in [0.1, 0.15) is 0 Å². The van der Waals surface area contributed by atoms with Crippen LogP contribution in [0, 0.1) is 5.41 Å². The molecule has 0 aromatic rings. The second-order valence-corrected chi connectivity index (χ2v) is 6.75. The zero-order chi connectivity index (χ0) is 11.7. The van der Waals surface area contributed by atoms with Crippen molar-refractivity contribution in [3.63, 3.8) is 0 Å². The van der Waals surface area contributed by atoms with Crippen molar-refractivity contribution in [1.29, 1.82) is 0 Å². The van der Waals surface area contributed by atoms with Crippen LogP contribution in [0.4, 0.5) is 0 Å². The molecular weight excluding hydrogens is 228 g/mol. The van der Waals surface area contributed by atoms with Crippen molar-refractivity contribution in [3.05, 3.63) is 0 Å². The lowest BCUT2D eigenvalue weighted by molar-refractivity contribution is 0.0112. The van der Waals surface area contributed by atoms with E-state index in [9.17, 15) is 0 Å².